The molecule has 0 saturated carbocycles. The summed E-state index contributed by atoms with van der Waals surface area (Å²) in [6.07, 6.45) is 3.13. The first-order valence-electron chi connectivity index (χ1n) is 6.48. The van der Waals surface area contributed by atoms with Gasteiger partial charge in [-0.3, -0.25) is 9.59 Å². The van der Waals surface area contributed by atoms with Gasteiger partial charge in [-0.15, -0.1) is 0 Å². The van der Waals surface area contributed by atoms with Crippen molar-refractivity contribution < 1.29 is 9.59 Å². The summed E-state index contributed by atoms with van der Waals surface area (Å²) in [6, 6.07) is 7.23. The Hall–Kier alpha value is -1.81. The predicted octanol–water partition coefficient (Wildman–Crippen LogP) is 2.24. The summed E-state index contributed by atoms with van der Waals surface area (Å²) in [5.41, 5.74) is 0.862. The molecule has 0 unspecified atom stereocenters. The molecule has 1 rings (SSSR count). The fourth-order valence-electron chi connectivity index (χ4n) is 1.42. The van der Waals surface area contributed by atoms with Crippen molar-refractivity contribution in [2.24, 2.45) is 5.92 Å². The second kappa shape index (κ2) is 8.38. The minimum absolute atomic E-state index is 0.0197. The van der Waals surface area contributed by atoms with Crippen LogP contribution >= 0.6 is 11.6 Å². The molecule has 0 atom stereocenters. The van der Waals surface area contributed by atoms with E-state index in [1.165, 1.54) is 6.08 Å². The fraction of sp³-hybridized carbons (Fsp3) is 0.333. The molecule has 0 saturated heterocycles. The molecule has 20 heavy (non-hydrogen) atoms. The van der Waals surface area contributed by atoms with E-state index in [1.54, 1.807) is 18.2 Å². The summed E-state index contributed by atoms with van der Waals surface area (Å²) in [6.45, 7) is 4.47. The second-order valence-electron chi connectivity index (χ2n) is 4.63. The first-order valence-corrected chi connectivity index (χ1v) is 6.86. The Morgan fingerprint density at radius 1 is 1.25 bits per heavy atom. The molecule has 1 aromatic carbocycles. The molecule has 4 nitrogen and oxygen atoms in total. The van der Waals surface area contributed by atoms with E-state index in [-0.39, 0.29) is 17.7 Å². The van der Waals surface area contributed by atoms with Crippen molar-refractivity contribution >= 4 is 29.5 Å². The highest BCUT2D eigenvalue weighted by molar-refractivity contribution is 6.30. The molecule has 5 heteroatoms. The zero-order valence-electron chi connectivity index (χ0n) is 11.7. The van der Waals surface area contributed by atoms with Crippen LogP contribution in [0, 0.1) is 5.92 Å². The Labute approximate surface area is 124 Å². The number of hydrogen-bond donors (Lipinski definition) is 2. The largest absolute Gasteiger partial charge is 0.354 e. The van der Waals surface area contributed by atoms with Gasteiger partial charge in [-0.1, -0.05) is 37.6 Å². The quantitative estimate of drug-likeness (QED) is 0.624. The van der Waals surface area contributed by atoms with Gasteiger partial charge in [0.1, 0.15) is 0 Å². The first-order chi connectivity index (χ1) is 9.49. The van der Waals surface area contributed by atoms with Gasteiger partial charge in [0.15, 0.2) is 0 Å². The fourth-order valence-corrected chi connectivity index (χ4v) is 1.62. The zero-order valence-corrected chi connectivity index (χ0v) is 12.4. The van der Waals surface area contributed by atoms with Gasteiger partial charge < -0.3 is 10.6 Å². The van der Waals surface area contributed by atoms with Crippen molar-refractivity contribution in [2.45, 2.75) is 13.8 Å². The summed E-state index contributed by atoms with van der Waals surface area (Å²) in [5.74, 6) is -0.272. The standard InChI is InChI=1S/C15H19ClN2O2/c1-11(2)15(20)18-9-8-17-14(19)7-6-12-4-3-5-13(16)10-12/h3-7,10-11H,8-9H2,1-2H3,(H,17,19)(H,18,20). The highest BCUT2D eigenvalue weighted by atomic mass is 35.5. The third-order valence-electron chi connectivity index (χ3n) is 2.52. The molecule has 0 aromatic heterocycles. The molecule has 108 valence electrons. The average molecular weight is 295 g/mol. The van der Waals surface area contributed by atoms with E-state index < -0.39 is 0 Å². The minimum atomic E-state index is -0.205. The summed E-state index contributed by atoms with van der Waals surface area (Å²) < 4.78 is 0. The van der Waals surface area contributed by atoms with Crippen molar-refractivity contribution in [2.75, 3.05) is 13.1 Å². The van der Waals surface area contributed by atoms with E-state index in [0.29, 0.717) is 18.1 Å². The van der Waals surface area contributed by atoms with Gasteiger partial charge in [0, 0.05) is 30.1 Å². The summed E-state index contributed by atoms with van der Waals surface area (Å²) >= 11 is 5.84. The maximum absolute atomic E-state index is 11.5. The van der Waals surface area contributed by atoms with Crippen LogP contribution in [0.2, 0.25) is 5.02 Å². The SMILES string of the molecule is CC(C)C(=O)NCCNC(=O)C=Cc1cccc(Cl)c1. The number of carbonyl (C=O) groups is 2. The van der Waals surface area contributed by atoms with Crippen LogP contribution in [-0.2, 0) is 9.59 Å². The number of amides is 2. The summed E-state index contributed by atoms with van der Waals surface area (Å²) in [7, 11) is 0. The van der Waals surface area contributed by atoms with Gasteiger partial charge in [-0.05, 0) is 23.8 Å². The Balaban J connectivity index is 2.28. The minimum Gasteiger partial charge on any atom is -0.354 e. The number of benzene rings is 1. The lowest BCUT2D eigenvalue weighted by atomic mass is 10.2. The second-order valence-corrected chi connectivity index (χ2v) is 5.06. The van der Waals surface area contributed by atoms with Crippen LogP contribution in [0.5, 0.6) is 0 Å². The molecule has 0 aliphatic rings. The highest BCUT2D eigenvalue weighted by Crippen LogP contribution is 2.11. The maximum Gasteiger partial charge on any atom is 0.244 e. The van der Waals surface area contributed by atoms with Crippen LogP contribution in [0.25, 0.3) is 6.08 Å². The van der Waals surface area contributed by atoms with Crippen molar-refractivity contribution in [1.29, 1.82) is 0 Å². The van der Waals surface area contributed by atoms with E-state index in [4.69, 9.17) is 11.6 Å². The Morgan fingerprint density at radius 3 is 2.60 bits per heavy atom. The van der Waals surface area contributed by atoms with E-state index in [0.717, 1.165) is 5.56 Å². The molecule has 0 spiro atoms. The van der Waals surface area contributed by atoms with Crippen LogP contribution in [0.1, 0.15) is 19.4 Å². The van der Waals surface area contributed by atoms with Gasteiger partial charge >= 0.3 is 0 Å². The Kier molecular flexibility index (Phi) is 6.81. The molecule has 0 heterocycles. The number of carbonyl (C=O) groups excluding carboxylic acids is 2. The van der Waals surface area contributed by atoms with Crippen LogP contribution in [-0.4, -0.2) is 24.9 Å². The third kappa shape index (κ3) is 6.38. The lowest BCUT2D eigenvalue weighted by molar-refractivity contribution is -0.124. The van der Waals surface area contributed by atoms with Gasteiger partial charge in [0.2, 0.25) is 11.8 Å². The van der Waals surface area contributed by atoms with Crippen LogP contribution in [0.15, 0.2) is 30.3 Å². The number of nitrogens with one attached hydrogen (secondary N) is 2. The predicted molar refractivity (Wildman–Crippen MR) is 81.3 cm³/mol. The smallest absolute Gasteiger partial charge is 0.244 e. The molecule has 0 aliphatic heterocycles. The molecule has 0 fully saturated rings. The van der Waals surface area contributed by atoms with E-state index in [9.17, 15) is 9.59 Å². The average Bonchev–Trinajstić information content (AvgIpc) is 2.41. The molecule has 1 aromatic rings. The summed E-state index contributed by atoms with van der Waals surface area (Å²) in [5, 5.41) is 6.04. The number of halogens is 1. The highest BCUT2D eigenvalue weighted by Gasteiger charge is 2.04. The van der Waals surface area contributed by atoms with Gasteiger partial charge in [0.05, 0.1) is 0 Å². The molecule has 2 amide bonds. The molecule has 0 radical (unpaired) electrons. The lowest BCUT2D eigenvalue weighted by Crippen LogP contribution is -2.35. The topological polar surface area (TPSA) is 58.2 Å². The van der Waals surface area contributed by atoms with Crippen molar-refractivity contribution in [3.05, 3.63) is 40.9 Å². The van der Waals surface area contributed by atoms with Crippen LogP contribution in [0.4, 0.5) is 0 Å². The van der Waals surface area contributed by atoms with E-state index in [2.05, 4.69) is 10.6 Å². The maximum atomic E-state index is 11.5. The number of hydrogen-bond acceptors (Lipinski definition) is 2. The molecular weight excluding hydrogens is 276 g/mol. The molecule has 2 N–H and O–H groups in total. The monoisotopic (exact) mass is 294 g/mol. The van der Waals surface area contributed by atoms with Crippen molar-refractivity contribution in [3.63, 3.8) is 0 Å². The number of rotatable bonds is 6. The molecular formula is C15H19ClN2O2. The molecule has 0 bridgehead atoms. The van der Waals surface area contributed by atoms with E-state index in [1.807, 2.05) is 26.0 Å². The third-order valence-corrected chi connectivity index (χ3v) is 2.76. The van der Waals surface area contributed by atoms with Crippen molar-refractivity contribution in [3.8, 4) is 0 Å². The zero-order chi connectivity index (χ0) is 15.0. The van der Waals surface area contributed by atoms with Gasteiger partial charge in [-0.2, -0.15) is 0 Å². The van der Waals surface area contributed by atoms with Crippen LogP contribution < -0.4 is 10.6 Å². The normalized spacial score (nSPS) is 10.8. The Morgan fingerprint density at radius 2 is 1.95 bits per heavy atom. The lowest BCUT2D eigenvalue weighted by Gasteiger charge is -2.07. The van der Waals surface area contributed by atoms with E-state index >= 15 is 0 Å². The van der Waals surface area contributed by atoms with Gasteiger partial charge in [-0.25, -0.2) is 0 Å². The molecule has 0 aliphatic carbocycles. The van der Waals surface area contributed by atoms with Gasteiger partial charge in [0.25, 0.3) is 0 Å². The van der Waals surface area contributed by atoms with Crippen LogP contribution in [0.3, 0.4) is 0 Å². The van der Waals surface area contributed by atoms with Crippen molar-refractivity contribution in [1.82, 2.24) is 10.6 Å². The Bertz CT molecular complexity index is 498. The summed E-state index contributed by atoms with van der Waals surface area (Å²) in [4.78, 5) is 22.8. The first kappa shape index (κ1) is 16.2.